The molecule has 0 bridgehead atoms. The van der Waals surface area contributed by atoms with Crippen LogP contribution in [0.1, 0.15) is 36.2 Å². The van der Waals surface area contributed by atoms with Crippen molar-refractivity contribution in [1.29, 1.82) is 0 Å². The molecule has 2 aliphatic heterocycles. The third kappa shape index (κ3) is 3.52. The van der Waals surface area contributed by atoms with Gasteiger partial charge in [-0.25, -0.2) is 16.8 Å². The minimum absolute atomic E-state index is 0.0599. The standard InChI is InChI=1S/C16H22N2O5S2/c1-11-8-13-9-12(4-5-14(13)18(11)24(3,20)21)15(19)17-16(2)6-7-25(22,23)10-16/h4-5,9,11H,6-8,10H2,1-3H3,(H,17,19)/t11-,16-/m0/s1. The lowest BCUT2D eigenvalue weighted by Gasteiger charge is -2.24. The van der Waals surface area contributed by atoms with Crippen molar-refractivity contribution in [2.24, 2.45) is 0 Å². The van der Waals surface area contributed by atoms with Crippen LogP contribution < -0.4 is 9.62 Å². The molecule has 1 aromatic carbocycles. The number of hydrogen-bond acceptors (Lipinski definition) is 5. The van der Waals surface area contributed by atoms with Gasteiger partial charge in [0.2, 0.25) is 10.0 Å². The van der Waals surface area contributed by atoms with E-state index in [4.69, 9.17) is 0 Å². The van der Waals surface area contributed by atoms with E-state index in [2.05, 4.69) is 5.32 Å². The summed E-state index contributed by atoms with van der Waals surface area (Å²) in [7, 11) is -6.48. The molecule has 1 N–H and O–H groups in total. The molecule has 138 valence electrons. The Kier molecular flexibility index (Phi) is 4.15. The molecule has 2 atom stereocenters. The largest absolute Gasteiger partial charge is 0.346 e. The maximum absolute atomic E-state index is 12.5. The van der Waals surface area contributed by atoms with E-state index in [9.17, 15) is 21.6 Å². The van der Waals surface area contributed by atoms with Crippen molar-refractivity contribution >= 4 is 31.5 Å². The zero-order valence-electron chi connectivity index (χ0n) is 14.4. The second kappa shape index (κ2) is 5.70. The Morgan fingerprint density at radius 3 is 2.60 bits per heavy atom. The van der Waals surface area contributed by atoms with Crippen LogP contribution in [0.5, 0.6) is 0 Å². The van der Waals surface area contributed by atoms with Gasteiger partial charge in [-0.2, -0.15) is 0 Å². The summed E-state index contributed by atoms with van der Waals surface area (Å²) >= 11 is 0. The molecule has 0 unspecified atom stereocenters. The van der Waals surface area contributed by atoms with Gasteiger partial charge in [0.1, 0.15) is 0 Å². The summed E-state index contributed by atoms with van der Waals surface area (Å²) in [6.07, 6.45) is 2.10. The number of benzene rings is 1. The van der Waals surface area contributed by atoms with Gasteiger partial charge in [-0.3, -0.25) is 9.10 Å². The van der Waals surface area contributed by atoms with E-state index >= 15 is 0 Å². The van der Waals surface area contributed by atoms with Crippen molar-refractivity contribution in [3.63, 3.8) is 0 Å². The molecule has 25 heavy (non-hydrogen) atoms. The number of sulfone groups is 1. The summed E-state index contributed by atoms with van der Waals surface area (Å²) in [5.74, 6) is -0.322. The predicted molar refractivity (Wildman–Crippen MR) is 96.1 cm³/mol. The van der Waals surface area contributed by atoms with Gasteiger partial charge >= 0.3 is 0 Å². The van der Waals surface area contributed by atoms with E-state index in [-0.39, 0.29) is 23.5 Å². The van der Waals surface area contributed by atoms with E-state index in [0.717, 1.165) is 5.56 Å². The smallest absolute Gasteiger partial charge is 0.251 e. The maximum Gasteiger partial charge on any atom is 0.251 e. The normalized spacial score (nSPS) is 28.0. The van der Waals surface area contributed by atoms with Gasteiger partial charge in [-0.15, -0.1) is 0 Å². The second-order valence-corrected chi connectivity index (χ2v) is 11.4. The second-order valence-electron chi connectivity index (χ2n) is 7.31. The Bertz CT molecular complexity index is 939. The molecule has 3 rings (SSSR count). The average molecular weight is 386 g/mol. The van der Waals surface area contributed by atoms with Gasteiger partial charge in [0, 0.05) is 11.6 Å². The van der Waals surface area contributed by atoms with E-state index in [1.807, 2.05) is 6.92 Å². The molecule has 0 saturated carbocycles. The first-order valence-corrected chi connectivity index (χ1v) is 11.7. The number of hydrogen-bond donors (Lipinski definition) is 1. The summed E-state index contributed by atoms with van der Waals surface area (Å²) in [4.78, 5) is 12.5. The van der Waals surface area contributed by atoms with Crippen LogP contribution in [0.4, 0.5) is 5.69 Å². The van der Waals surface area contributed by atoms with Gasteiger partial charge in [-0.1, -0.05) is 0 Å². The highest BCUT2D eigenvalue weighted by molar-refractivity contribution is 7.92. The Morgan fingerprint density at radius 1 is 1.36 bits per heavy atom. The molecular weight excluding hydrogens is 364 g/mol. The summed E-state index contributed by atoms with van der Waals surface area (Å²) < 4.78 is 48.6. The molecule has 1 saturated heterocycles. The van der Waals surface area contributed by atoms with Crippen LogP contribution in [0.25, 0.3) is 0 Å². The third-order valence-corrected chi connectivity index (χ3v) is 7.94. The molecule has 0 aromatic heterocycles. The number of sulfonamides is 1. The Morgan fingerprint density at radius 2 is 2.04 bits per heavy atom. The van der Waals surface area contributed by atoms with Gasteiger partial charge in [0.25, 0.3) is 5.91 Å². The third-order valence-electron chi connectivity index (χ3n) is 4.77. The van der Waals surface area contributed by atoms with Gasteiger partial charge in [-0.05, 0) is 50.5 Å². The topological polar surface area (TPSA) is 101 Å². The molecule has 2 aliphatic rings. The van der Waals surface area contributed by atoms with E-state index in [1.54, 1.807) is 25.1 Å². The minimum atomic E-state index is -3.37. The first-order chi connectivity index (χ1) is 11.4. The van der Waals surface area contributed by atoms with Crippen LogP contribution in [0.2, 0.25) is 0 Å². The van der Waals surface area contributed by atoms with E-state index in [1.165, 1.54) is 10.6 Å². The summed E-state index contributed by atoms with van der Waals surface area (Å²) in [5, 5.41) is 2.82. The average Bonchev–Trinajstić information content (AvgIpc) is 2.92. The lowest BCUT2D eigenvalue weighted by atomic mass is 10.0. The molecule has 1 aromatic rings. The molecule has 7 nitrogen and oxygen atoms in total. The number of fused-ring (bicyclic) bond motifs is 1. The highest BCUT2D eigenvalue weighted by Gasteiger charge is 2.40. The summed E-state index contributed by atoms with van der Waals surface area (Å²) in [6, 6.07) is 4.72. The molecule has 0 radical (unpaired) electrons. The van der Waals surface area contributed by atoms with Crippen molar-refractivity contribution in [2.45, 2.75) is 38.3 Å². The molecule has 0 spiro atoms. The molecule has 1 fully saturated rings. The van der Waals surface area contributed by atoms with Crippen LogP contribution in [-0.2, 0) is 26.3 Å². The predicted octanol–water partition coefficient (Wildman–Crippen LogP) is 0.704. The van der Waals surface area contributed by atoms with Gasteiger partial charge in [0.15, 0.2) is 9.84 Å². The zero-order chi connectivity index (χ0) is 18.6. The molecule has 2 heterocycles. The number of carbonyl (C=O) groups excluding carboxylic acids is 1. The van der Waals surface area contributed by atoms with Crippen molar-refractivity contribution in [3.8, 4) is 0 Å². The van der Waals surface area contributed by atoms with Gasteiger partial charge < -0.3 is 5.32 Å². The van der Waals surface area contributed by atoms with Crippen LogP contribution >= 0.6 is 0 Å². The highest BCUT2D eigenvalue weighted by atomic mass is 32.2. The Hall–Kier alpha value is -1.61. The highest BCUT2D eigenvalue weighted by Crippen LogP contribution is 2.35. The van der Waals surface area contributed by atoms with Crippen LogP contribution in [0, 0.1) is 0 Å². The SMILES string of the molecule is C[C@H]1Cc2cc(C(=O)N[C@@]3(C)CCS(=O)(=O)C3)ccc2N1S(C)(=O)=O. The monoisotopic (exact) mass is 386 g/mol. The molecule has 9 heteroatoms. The Balaban J connectivity index is 1.84. The van der Waals surface area contributed by atoms with Crippen molar-refractivity contribution in [2.75, 3.05) is 22.1 Å². The van der Waals surface area contributed by atoms with Crippen molar-refractivity contribution in [1.82, 2.24) is 5.32 Å². The minimum Gasteiger partial charge on any atom is -0.346 e. The summed E-state index contributed by atoms with van der Waals surface area (Å²) in [5.41, 5.74) is 1.05. The number of carbonyl (C=O) groups is 1. The number of nitrogens with one attached hydrogen (secondary N) is 1. The molecule has 1 amide bonds. The van der Waals surface area contributed by atoms with Crippen LogP contribution in [0.15, 0.2) is 18.2 Å². The fourth-order valence-corrected chi connectivity index (χ4v) is 7.06. The zero-order valence-corrected chi connectivity index (χ0v) is 16.1. The van der Waals surface area contributed by atoms with Gasteiger partial charge in [0.05, 0.1) is 29.0 Å². The number of rotatable bonds is 3. The van der Waals surface area contributed by atoms with E-state index in [0.29, 0.717) is 24.1 Å². The molecule has 0 aliphatic carbocycles. The fraction of sp³-hybridized carbons (Fsp3) is 0.562. The number of amides is 1. The maximum atomic E-state index is 12.5. The lowest BCUT2D eigenvalue weighted by molar-refractivity contribution is 0.0915. The fourth-order valence-electron chi connectivity index (χ4n) is 3.70. The first kappa shape index (κ1) is 18.2. The van der Waals surface area contributed by atoms with Crippen LogP contribution in [0.3, 0.4) is 0 Å². The van der Waals surface area contributed by atoms with Crippen molar-refractivity contribution < 1.29 is 21.6 Å². The quantitative estimate of drug-likeness (QED) is 0.824. The van der Waals surface area contributed by atoms with E-state index < -0.39 is 25.4 Å². The summed E-state index contributed by atoms with van der Waals surface area (Å²) in [6.45, 7) is 3.56. The van der Waals surface area contributed by atoms with Crippen LogP contribution in [-0.4, -0.2) is 52.1 Å². The Labute approximate surface area is 148 Å². The number of anilines is 1. The number of nitrogens with zero attached hydrogens (tertiary/aromatic N) is 1. The molecular formula is C16H22N2O5S2. The lowest BCUT2D eigenvalue weighted by Crippen LogP contribution is -2.46. The van der Waals surface area contributed by atoms with Crippen molar-refractivity contribution in [3.05, 3.63) is 29.3 Å². The first-order valence-electron chi connectivity index (χ1n) is 8.06.